The van der Waals surface area contributed by atoms with E-state index in [4.69, 9.17) is 10.8 Å². The molecule has 0 aromatic rings. The second-order valence-corrected chi connectivity index (χ2v) is 7.96. The van der Waals surface area contributed by atoms with E-state index in [0.717, 1.165) is 65.2 Å². The molecule has 2 aliphatic rings. The van der Waals surface area contributed by atoms with E-state index in [9.17, 15) is 19.5 Å². The van der Waals surface area contributed by atoms with E-state index in [0.29, 0.717) is 13.1 Å². The lowest BCUT2D eigenvalue weighted by molar-refractivity contribution is -0.144. The SMILES string of the molecule is NC(=O)CCC(C(=O)O)N1CCCN2CCN(CCCN(CC(=O)O)CC2)CC1. The zero-order valence-electron chi connectivity index (χ0n) is 17.2. The van der Waals surface area contributed by atoms with Crippen LogP contribution in [0.15, 0.2) is 0 Å². The fraction of sp³-hybridized carbons (Fsp3) is 0.842. The van der Waals surface area contributed by atoms with Gasteiger partial charge in [0.05, 0.1) is 6.54 Å². The highest BCUT2D eigenvalue weighted by molar-refractivity contribution is 5.77. The number of amides is 1. The van der Waals surface area contributed by atoms with Crippen molar-refractivity contribution in [3.8, 4) is 0 Å². The minimum Gasteiger partial charge on any atom is -0.480 e. The number of aliphatic carboxylic acids is 2. The number of nitrogens with zero attached hydrogens (tertiary/aromatic N) is 4. The van der Waals surface area contributed by atoms with Gasteiger partial charge in [-0.1, -0.05) is 0 Å². The molecular weight excluding hydrogens is 378 g/mol. The van der Waals surface area contributed by atoms with Gasteiger partial charge in [0.1, 0.15) is 6.04 Å². The van der Waals surface area contributed by atoms with Crippen LogP contribution in [-0.4, -0.2) is 126 Å². The Kier molecular flexibility index (Phi) is 9.79. The van der Waals surface area contributed by atoms with Crippen molar-refractivity contribution >= 4 is 17.8 Å². The number of carboxylic acid groups (broad SMARTS) is 2. The highest BCUT2D eigenvalue weighted by Gasteiger charge is 2.27. The zero-order chi connectivity index (χ0) is 21.2. The van der Waals surface area contributed by atoms with Crippen LogP contribution >= 0.6 is 0 Å². The Hall–Kier alpha value is -1.75. The minimum absolute atomic E-state index is 0.0712. The lowest BCUT2D eigenvalue weighted by atomic mass is 10.1. The zero-order valence-corrected chi connectivity index (χ0v) is 17.2. The number of fused-ring (bicyclic) bond motifs is 3. The maximum absolute atomic E-state index is 11.8. The van der Waals surface area contributed by atoms with Gasteiger partial charge in [-0.05, 0) is 32.4 Å². The molecule has 3 unspecified atom stereocenters. The molecule has 0 spiro atoms. The van der Waals surface area contributed by atoms with Gasteiger partial charge in [-0.2, -0.15) is 0 Å². The second-order valence-electron chi connectivity index (χ2n) is 7.96. The van der Waals surface area contributed by atoms with Crippen molar-refractivity contribution in [3.63, 3.8) is 0 Å². The number of carbonyl (C=O) groups excluding carboxylic acids is 1. The van der Waals surface area contributed by atoms with Crippen LogP contribution in [0.5, 0.6) is 0 Å². The summed E-state index contributed by atoms with van der Waals surface area (Å²) in [4.78, 5) is 42.7. The van der Waals surface area contributed by atoms with Crippen molar-refractivity contribution < 1.29 is 24.6 Å². The van der Waals surface area contributed by atoms with Crippen molar-refractivity contribution in [2.45, 2.75) is 31.7 Å². The van der Waals surface area contributed by atoms with Gasteiger partial charge in [0.15, 0.2) is 0 Å². The summed E-state index contributed by atoms with van der Waals surface area (Å²) in [6.45, 7) is 7.96. The van der Waals surface area contributed by atoms with E-state index in [2.05, 4.69) is 9.80 Å². The summed E-state index contributed by atoms with van der Waals surface area (Å²) < 4.78 is 0. The Morgan fingerprint density at radius 2 is 1.38 bits per heavy atom. The molecule has 2 fully saturated rings. The average Bonchev–Trinajstić information content (AvgIpc) is 2.65. The topological polar surface area (TPSA) is 131 Å². The highest BCUT2D eigenvalue weighted by Crippen LogP contribution is 2.12. The van der Waals surface area contributed by atoms with Gasteiger partial charge in [-0.15, -0.1) is 0 Å². The number of nitrogens with two attached hydrogens (primary N) is 1. The normalized spacial score (nSPS) is 26.5. The number of primary amides is 1. The first-order valence-electron chi connectivity index (χ1n) is 10.5. The fourth-order valence-electron chi connectivity index (χ4n) is 4.15. The molecule has 0 aromatic heterocycles. The molecule has 10 nitrogen and oxygen atoms in total. The number of carboxylic acids is 2. The summed E-state index contributed by atoms with van der Waals surface area (Å²) in [5.74, 6) is -2.17. The molecule has 2 heterocycles. The Balaban J connectivity index is 2.04. The molecule has 3 atom stereocenters. The largest absolute Gasteiger partial charge is 0.480 e. The van der Waals surface area contributed by atoms with Crippen molar-refractivity contribution in [2.24, 2.45) is 5.73 Å². The molecule has 1 amide bonds. The van der Waals surface area contributed by atoms with Crippen LogP contribution in [0.3, 0.4) is 0 Å². The van der Waals surface area contributed by atoms with Gasteiger partial charge in [-0.3, -0.25) is 24.2 Å². The molecule has 0 aromatic carbocycles. The number of carbonyl (C=O) groups is 3. The van der Waals surface area contributed by atoms with Crippen molar-refractivity contribution in [3.05, 3.63) is 0 Å². The maximum Gasteiger partial charge on any atom is 0.320 e. The molecule has 2 bridgehead atoms. The molecule has 2 saturated heterocycles. The monoisotopic (exact) mass is 413 g/mol. The Morgan fingerprint density at radius 1 is 0.793 bits per heavy atom. The molecule has 0 radical (unpaired) electrons. The Bertz CT molecular complexity index is 561. The first-order valence-corrected chi connectivity index (χ1v) is 10.5. The summed E-state index contributed by atoms with van der Waals surface area (Å²) in [5.41, 5.74) is 5.23. The third-order valence-electron chi connectivity index (χ3n) is 5.79. The second kappa shape index (κ2) is 12.1. The van der Waals surface area contributed by atoms with E-state index < -0.39 is 23.9 Å². The van der Waals surface area contributed by atoms with E-state index in [-0.39, 0.29) is 19.4 Å². The van der Waals surface area contributed by atoms with Crippen LogP contribution in [0, 0.1) is 0 Å². The van der Waals surface area contributed by atoms with Crippen molar-refractivity contribution in [2.75, 3.05) is 72.0 Å². The van der Waals surface area contributed by atoms with Crippen LogP contribution in [0.1, 0.15) is 25.7 Å². The summed E-state index contributed by atoms with van der Waals surface area (Å²) >= 11 is 0. The highest BCUT2D eigenvalue weighted by atomic mass is 16.4. The Labute approximate surface area is 172 Å². The molecule has 29 heavy (non-hydrogen) atoms. The summed E-state index contributed by atoms with van der Waals surface area (Å²) in [6.07, 6.45) is 2.03. The quantitative estimate of drug-likeness (QED) is 0.471. The van der Waals surface area contributed by atoms with Gasteiger partial charge in [-0.25, -0.2) is 0 Å². The molecule has 2 rings (SSSR count). The van der Waals surface area contributed by atoms with E-state index in [1.165, 1.54) is 0 Å². The minimum atomic E-state index is -0.905. The summed E-state index contributed by atoms with van der Waals surface area (Å²) in [5, 5.41) is 18.8. The van der Waals surface area contributed by atoms with Crippen LogP contribution in [0.2, 0.25) is 0 Å². The number of rotatable bonds is 7. The number of hydrogen-bond donors (Lipinski definition) is 3. The van der Waals surface area contributed by atoms with Crippen LogP contribution in [0.25, 0.3) is 0 Å². The van der Waals surface area contributed by atoms with Crippen LogP contribution in [-0.2, 0) is 14.4 Å². The predicted octanol–water partition coefficient (Wildman–Crippen LogP) is -1.19. The van der Waals surface area contributed by atoms with Crippen molar-refractivity contribution in [1.29, 1.82) is 0 Å². The third kappa shape index (κ3) is 8.65. The van der Waals surface area contributed by atoms with Crippen LogP contribution < -0.4 is 5.73 Å². The molecular formula is C19H35N5O5. The predicted molar refractivity (Wildman–Crippen MR) is 108 cm³/mol. The maximum atomic E-state index is 11.8. The molecule has 4 N–H and O–H groups in total. The summed E-state index contributed by atoms with van der Waals surface area (Å²) in [6, 6.07) is -0.698. The van der Waals surface area contributed by atoms with Crippen molar-refractivity contribution in [1.82, 2.24) is 19.6 Å². The lowest BCUT2D eigenvalue weighted by Gasteiger charge is -2.37. The van der Waals surface area contributed by atoms with E-state index in [1.807, 2.05) is 9.80 Å². The van der Waals surface area contributed by atoms with E-state index in [1.54, 1.807) is 0 Å². The summed E-state index contributed by atoms with van der Waals surface area (Å²) in [7, 11) is 0. The average molecular weight is 414 g/mol. The number of hydrogen-bond acceptors (Lipinski definition) is 7. The van der Waals surface area contributed by atoms with Crippen LogP contribution in [0.4, 0.5) is 0 Å². The smallest absolute Gasteiger partial charge is 0.320 e. The van der Waals surface area contributed by atoms with Gasteiger partial charge < -0.3 is 25.7 Å². The molecule has 0 aliphatic carbocycles. The molecule has 10 heteroatoms. The lowest BCUT2D eigenvalue weighted by Crippen LogP contribution is -2.50. The van der Waals surface area contributed by atoms with E-state index >= 15 is 0 Å². The standard InChI is InChI=1S/C19H35N5O5/c20-17(25)4-3-16(19(28)29)24-8-2-6-21-9-10-22(13-14-24)5-1-7-23(12-11-21)15-18(26)27/h16H,1-15H2,(H2,20,25)(H,26,27)(H,28,29). The molecule has 166 valence electrons. The molecule has 0 saturated carbocycles. The van der Waals surface area contributed by atoms with Gasteiger partial charge >= 0.3 is 11.9 Å². The van der Waals surface area contributed by atoms with Gasteiger partial charge in [0.2, 0.25) is 5.91 Å². The van der Waals surface area contributed by atoms with Gasteiger partial charge in [0.25, 0.3) is 0 Å². The Morgan fingerprint density at radius 3 is 1.97 bits per heavy atom. The fourth-order valence-corrected chi connectivity index (χ4v) is 4.15. The first-order chi connectivity index (χ1) is 13.8. The first kappa shape index (κ1) is 23.5. The third-order valence-corrected chi connectivity index (χ3v) is 5.79. The molecule has 2 aliphatic heterocycles. The van der Waals surface area contributed by atoms with Gasteiger partial charge in [0, 0.05) is 58.8 Å².